The van der Waals surface area contributed by atoms with Crippen LogP contribution in [0.5, 0.6) is 0 Å². The molecule has 0 bridgehead atoms. The predicted molar refractivity (Wildman–Crippen MR) is 159 cm³/mol. The fourth-order valence-electron chi connectivity index (χ4n) is 5.30. The number of rotatable bonds is 7. The number of carbonyl (C=O) groups excluding carboxylic acids is 1. The molecule has 0 saturated carbocycles. The minimum atomic E-state index is -1.18. The summed E-state index contributed by atoms with van der Waals surface area (Å²) in [5.41, 5.74) is 7.84. The van der Waals surface area contributed by atoms with Gasteiger partial charge in [0.25, 0.3) is 0 Å². The number of amides is 1. The van der Waals surface area contributed by atoms with Crippen LogP contribution in [0.2, 0.25) is 25.7 Å². The molecule has 4 heterocycles. The highest BCUT2D eigenvalue weighted by Crippen LogP contribution is 2.37. The highest BCUT2D eigenvalue weighted by molar-refractivity contribution is 6.76. The minimum Gasteiger partial charge on any atom is -0.360 e. The van der Waals surface area contributed by atoms with E-state index < -0.39 is 8.07 Å². The summed E-state index contributed by atoms with van der Waals surface area (Å²) in [5, 5.41) is 5.98. The van der Waals surface area contributed by atoms with Gasteiger partial charge in [0, 0.05) is 45.3 Å². The van der Waals surface area contributed by atoms with Crippen molar-refractivity contribution in [3.63, 3.8) is 0 Å². The monoisotopic (exact) mass is 538 g/mol. The lowest BCUT2D eigenvalue weighted by molar-refractivity contribution is -0.116. The summed E-state index contributed by atoms with van der Waals surface area (Å²) < 4.78 is 8.03. The average Bonchev–Trinajstić information content (AvgIpc) is 3.51. The first-order valence-electron chi connectivity index (χ1n) is 13.6. The molecule has 8 nitrogen and oxygen atoms in total. The number of para-hydroxylation sites is 2. The fraction of sp³-hybridized carbons (Fsp3) is 0.333. The quantitative estimate of drug-likeness (QED) is 0.195. The Kier molecular flexibility index (Phi) is 6.56. The van der Waals surface area contributed by atoms with Crippen LogP contribution in [0.1, 0.15) is 18.9 Å². The van der Waals surface area contributed by atoms with Crippen molar-refractivity contribution in [1.82, 2.24) is 24.7 Å². The number of aromatic amines is 1. The van der Waals surface area contributed by atoms with Crippen molar-refractivity contribution in [2.75, 3.05) is 18.1 Å². The second kappa shape index (κ2) is 10.1. The smallest absolute Gasteiger partial charge is 0.223 e. The van der Waals surface area contributed by atoms with Gasteiger partial charge in [0.05, 0.1) is 28.4 Å². The zero-order valence-electron chi connectivity index (χ0n) is 23.0. The number of anilines is 1. The molecule has 6 rings (SSSR count). The molecular formula is C30H34N6O2Si. The van der Waals surface area contributed by atoms with Gasteiger partial charge in [0.15, 0.2) is 5.82 Å². The van der Waals surface area contributed by atoms with Crippen molar-refractivity contribution in [2.24, 2.45) is 0 Å². The Balaban J connectivity index is 1.44. The third-order valence-corrected chi connectivity index (χ3v) is 9.10. The number of fused-ring (bicyclic) bond motifs is 3. The maximum atomic E-state index is 12.3. The molecule has 0 saturated heterocycles. The van der Waals surface area contributed by atoms with Gasteiger partial charge in [0.2, 0.25) is 5.91 Å². The van der Waals surface area contributed by atoms with Crippen LogP contribution < -0.4 is 4.90 Å². The van der Waals surface area contributed by atoms with E-state index in [2.05, 4.69) is 47.8 Å². The van der Waals surface area contributed by atoms with Crippen LogP contribution in [0.4, 0.5) is 5.69 Å². The van der Waals surface area contributed by atoms with Crippen LogP contribution >= 0.6 is 0 Å². The number of hydrogen-bond donors (Lipinski definition) is 1. The summed E-state index contributed by atoms with van der Waals surface area (Å²) in [4.78, 5) is 27.0. The first-order valence-corrected chi connectivity index (χ1v) is 17.3. The Morgan fingerprint density at radius 3 is 2.77 bits per heavy atom. The molecule has 3 aromatic heterocycles. The van der Waals surface area contributed by atoms with Gasteiger partial charge in [-0.3, -0.25) is 9.78 Å². The number of benzene rings is 2. The molecule has 0 spiro atoms. The van der Waals surface area contributed by atoms with Gasteiger partial charge in [-0.05, 0) is 54.3 Å². The summed E-state index contributed by atoms with van der Waals surface area (Å²) in [7, 11) is -1.18. The molecule has 39 heavy (non-hydrogen) atoms. The molecule has 5 aromatic rings. The van der Waals surface area contributed by atoms with Crippen molar-refractivity contribution >= 4 is 41.6 Å². The number of hydrogen-bond acceptors (Lipinski definition) is 5. The van der Waals surface area contributed by atoms with Gasteiger partial charge in [0.1, 0.15) is 12.4 Å². The molecular weight excluding hydrogens is 504 g/mol. The van der Waals surface area contributed by atoms with Crippen molar-refractivity contribution < 1.29 is 9.53 Å². The number of nitrogens with one attached hydrogen (secondary N) is 1. The Morgan fingerprint density at radius 2 is 1.97 bits per heavy atom. The third-order valence-electron chi connectivity index (χ3n) is 7.40. The van der Waals surface area contributed by atoms with Crippen LogP contribution in [0, 0.1) is 0 Å². The molecule has 0 unspecified atom stereocenters. The van der Waals surface area contributed by atoms with E-state index >= 15 is 0 Å². The Labute approximate surface area is 229 Å². The molecule has 0 radical (unpaired) electrons. The van der Waals surface area contributed by atoms with E-state index in [4.69, 9.17) is 14.8 Å². The van der Waals surface area contributed by atoms with Gasteiger partial charge in [-0.25, -0.2) is 9.67 Å². The number of ether oxygens (including phenoxy) is 1. The maximum Gasteiger partial charge on any atom is 0.223 e. The standard InChI is InChI=1S/C30H34N6O2Si/c1-20(37)35-13-7-8-22-24(17-31-18-28(22)35)21-11-12-27-23(16-21)29(30-32-25-9-5-6-10-26(25)33-30)34-36(27)19-38-14-15-39(2,3)4/h5-6,9-12,16-18H,7-8,13-15,19H2,1-4H3,(H,32,33). The van der Waals surface area contributed by atoms with E-state index in [0.717, 1.165) is 87.9 Å². The summed E-state index contributed by atoms with van der Waals surface area (Å²) in [6, 6.07) is 15.5. The fourth-order valence-corrected chi connectivity index (χ4v) is 6.05. The summed E-state index contributed by atoms with van der Waals surface area (Å²) in [6.45, 7) is 10.5. The summed E-state index contributed by atoms with van der Waals surface area (Å²) >= 11 is 0. The lowest BCUT2D eigenvalue weighted by Crippen LogP contribution is -2.33. The third kappa shape index (κ3) is 4.99. The minimum absolute atomic E-state index is 0.0490. The molecule has 0 fully saturated rings. The largest absolute Gasteiger partial charge is 0.360 e. The Hall–Kier alpha value is -3.82. The first-order chi connectivity index (χ1) is 18.8. The number of pyridine rings is 1. The topological polar surface area (TPSA) is 88.9 Å². The predicted octanol–water partition coefficient (Wildman–Crippen LogP) is 6.25. The first kappa shape index (κ1) is 25.5. The highest BCUT2D eigenvalue weighted by atomic mass is 28.3. The summed E-state index contributed by atoms with van der Waals surface area (Å²) in [6.07, 6.45) is 5.57. The number of aromatic nitrogens is 5. The van der Waals surface area contributed by atoms with Crippen molar-refractivity contribution in [2.45, 2.75) is 52.2 Å². The second-order valence-electron chi connectivity index (χ2n) is 11.5. The highest BCUT2D eigenvalue weighted by Gasteiger charge is 2.24. The van der Waals surface area contributed by atoms with E-state index in [1.165, 1.54) is 0 Å². The van der Waals surface area contributed by atoms with Gasteiger partial charge in [-0.1, -0.05) is 37.8 Å². The zero-order valence-corrected chi connectivity index (χ0v) is 24.0. The van der Waals surface area contributed by atoms with Gasteiger partial charge < -0.3 is 14.6 Å². The molecule has 0 atom stereocenters. The van der Waals surface area contributed by atoms with E-state index in [1.54, 1.807) is 6.92 Å². The van der Waals surface area contributed by atoms with Gasteiger partial charge in [-0.2, -0.15) is 5.10 Å². The van der Waals surface area contributed by atoms with E-state index in [0.29, 0.717) is 6.73 Å². The normalized spacial score (nSPS) is 13.8. The van der Waals surface area contributed by atoms with Crippen LogP contribution in [0.25, 0.3) is 44.6 Å². The van der Waals surface area contributed by atoms with Gasteiger partial charge >= 0.3 is 0 Å². The zero-order chi connectivity index (χ0) is 27.1. The number of H-pyrrole nitrogens is 1. The number of imidazole rings is 1. The Bertz CT molecular complexity index is 1650. The van der Waals surface area contributed by atoms with Crippen LogP contribution in [-0.2, 0) is 22.7 Å². The van der Waals surface area contributed by atoms with E-state index in [-0.39, 0.29) is 5.91 Å². The van der Waals surface area contributed by atoms with E-state index in [9.17, 15) is 4.79 Å². The molecule has 1 N–H and O–H groups in total. The molecule has 200 valence electrons. The Morgan fingerprint density at radius 1 is 1.13 bits per heavy atom. The molecule has 9 heteroatoms. The van der Waals surface area contributed by atoms with Crippen LogP contribution in [0.3, 0.4) is 0 Å². The van der Waals surface area contributed by atoms with Crippen molar-refractivity contribution in [3.8, 4) is 22.6 Å². The maximum absolute atomic E-state index is 12.3. The molecule has 1 amide bonds. The lowest BCUT2D eigenvalue weighted by atomic mass is 9.93. The van der Waals surface area contributed by atoms with Crippen LogP contribution in [0.15, 0.2) is 54.9 Å². The van der Waals surface area contributed by atoms with Crippen molar-refractivity contribution in [1.29, 1.82) is 0 Å². The number of nitrogens with zero attached hydrogens (tertiary/aromatic N) is 5. The van der Waals surface area contributed by atoms with Gasteiger partial charge in [-0.15, -0.1) is 0 Å². The van der Waals surface area contributed by atoms with Crippen LogP contribution in [-0.4, -0.2) is 51.9 Å². The van der Waals surface area contributed by atoms with Crippen molar-refractivity contribution in [3.05, 3.63) is 60.4 Å². The SMILES string of the molecule is CC(=O)N1CCCc2c(-c3ccc4c(c3)c(-c3nc5ccccc5[nH]3)nn4COCC[Si](C)(C)C)cncc21. The second-order valence-corrected chi connectivity index (χ2v) is 17.1. The lowest BCUT2D eigenvalue weighted by Gasteiger charge is -2.29. The summed E-state index contributed by atoms with van der Waals surface area (Å²) in [5.74, 6) is 0.781. The average molecular weight is 539 g/mol. The van der Waals surface area contributed by atoms with E-state index in [1.807, 2.05) is 46.2 Å². The molecule has 1 aliphatic heterocycles. The molecule has 1 aliphatic rings. The molecule has 2 aromatic carbocycles. The molecule has 0 aliphatic carbocycles. The number of carbonyl (C=O) groups is 1.